The first kappa shape index (κ1) is 12.8. The van der Waals surface area contributed by atoms with E-state index < -0.39 is 0 Å². The van der Waals surface area contributed by atoms with Gasteiger partial charge in [0.2, 0.25) is 0 Å². The molecule has 1 rings (SSSR count). The Kier molecular flexibility index (Phi) is 4.58. The van der Waals surface area contributed by atoms with E-state index in [1.807, 2.05) is 6.92 Å². The highest BCUT2D eigenvalue weighted by Gasteiger charge is 2.11. The third kappa shape index (κ3) is 3.12. The number of benzene rings is 1. The Balaban J connectivity index is 2.76. The summed E-state index contributed by atoms with van der Waals surface area (Å²) in [5.41, 5.74) is 6.41. The summed E-state index contributed by atoms with van der Waals surface area (Å²) in [6, 6.07) is 4.46. The quantitative estimate of drug-likeness (QED) is 0.699. The van der Waals surface area contributed by atoms with Crippen molar-refractivity contribution in [1.82, 2.24) is 5.32 Å². The van der Waals surface area contributed by atoms with Crippen LogP contribution in [0.5, 0.6) is 0 Å². The number of hydrogen-bond donors (Lipinski definition) is 3. The summed E-state index contributed by atoms with van der Waals surface area (Å²) in [4.78, 5) is 11.7. The van der Waals surface area contributed by atoms with Gasteiger partial charge in [-0.25, -0.2) is 0 Å². The van der Waals surface area contributed by atoms with Crippen LogP contribution in [0.2, 0.25) is 5.02 Å². The maximum absolute atomic E-state index is 11.7. The van der Waals surface area contributed by atoms with Crippen molar-refractivity contribution in [1.29, 1.82) is 0 Å². The Bertz CT molecular complexity index is 378. The average molecular weight is 243 g/mol. The molecule has 1 aromatic rings. The topological polar surface area (TPSA) is 75.3 Å². The molecule has 0 saturated carbocycles. The number of rotatable bonds is 4. The maximum atomic E-state index is 11.7. The van der Waals surface area contributed by atoms with Gasteiger partial charge >= 0.3 is 0 Å². The van der Waals surface area contributed by atoms with E-state index in [0.29, 0.717) is 22.7 Å². The summed E-state index contributed by atoms with van der Waals surface area (Å²) in [5, 5.41) is 12.0. The molecule has 16 heavy (non-hydrogen) atoms. The SMILES string of the molecule is CC[C@H](CO)NC(=O)c1ccc(N)c(Cl)c1. The number of halogens is 1. The molecule has 0 bridgehead atoms. The Morgan fingerprint density at radius 2 is 2.31 bits per heavy atom. The molecule has 0 spiro atoms. The number of aliphatic hydroxyl groups is 1. The van der Waals surface area contributed by atoms with Crippen molar-refractivity contribution >= 4 is 23.2 Å². The summed E-state index contributed by atoms with van der Waals surface area (Å²) in [6.45, 7) is 1.81. The first-order valence-corrected chi connectivity index (χ1v) is 5.43. The number of hydrogen-bond acceptors (Lipinski definition) is 3. The standard InChI is InChI=1S/C11H15ClN2O2/c1-2-8(6-15)14-11(16)7-3-4-10(13)9(12)5-7/h3-5,8,15H,2,6,13H2,1H3,(H,14,16)/t8-/m1/s1. The van der Waals surface area contributed by atoms with Crippen molar-refractivity contribution in [2.45, 2.75) is 19.4 Å². The minimum Gasteiger partial charge on any atom is -0.398 e. The minimum absolute atomic E-state index is 0.0784. The Labute approximate surface area is 99.4 Å². The van der Waals surface area contributed by atoms with Gasteiger partial charge in [0.05, 0.1) is 23.4 Å². The first-order chi connectivity index (χ1) is 7.58. The van der Waals surface area contributed by atoms with Gasteiger partial charge in [-0.2, -0.15) is 0 Å². The van der Waals surface area contributed by atoms with Crippen LogP contribution < -0.4 is 11.1 Å². The molecule has 0 aliphatic carbocycles. The van der Waals surface area contributed by atoms with Gasteiger partial charge in [0, 0.05) is 5.56 Å². The molecule has 4 N–H and O–H groups in total. The molecule has 0 fully saturated rings. The van der Waals surface area contributed by atoms with Crippen molar-refractivity contribution in [3.8, 4) is 0 Å². The van der Waals surface area contributed by atoms with Gasteiger partial charge in [-0.3, -0.25) is 4.79 Å². The molecule has 1 aromatic carbocycles. The summed E-state index contributed by atoms with van der Waals surface area (Å²) in [7, 11) is 0. The number of nitrogens with two attached hydrogens (primary N) is 1. The van der Waals surface area contributed by atoms with Crippen LogP contribution in [0.15, 0.2) is 18.2 Å². The molecule has 0 aliphatic heterocycles. The third-order valence-corrected chi connectivity index (χ3v) is 2.64. The number of nitrogen functional groups attached to an aromatic ring is 1. The minimum atomic E-state index is -0.261. The molecular weight excluding hydrogens is 228 g/mol. The van der Waals surface area contributed by atoms with E-state index in [-0.39, 0.29) is 18.6 Å². The van der Waals surface area contributed by atoms with E-state index >= 15 is 0 Å². The van der Waals surface area contributed by atoms with E-state index in [1.54, 1.807) is 12.1 Å². The molecule has 1 atom stereocenters. The van der Waals surface area contributed by atoms with Gasteiger partial charge < -0.3 is 16.2 Å². The molecule has 88 valence electrons. The highest BCUT2D eigenvalue weighted by molar-refractivity contribution is 6.33. The zero-order chi connectivity index (χ0) is 12.1. The van der Waals surface area contributed by atoms with Crippen LogP contribution in [0.3, 0.4) is 0 Å². The Morgan fingerprint density at radius 3 is 2.81 bits per heavy atom. The number of carbonyl (C=O) groups is 1. The van der Waals surface area contributed by atoms with Gasteiger partial charge in [-0.05, 0) is 24.6 Å². The second kappa shape index (κ2) is 5.72. The maximum Gasteiger partial charge on any atom is 0.251 e. The fourth-order valence-corrected chi connectivity index (χ4v) is 1.39. The number of anilines is 1. The lowest BCUT2D eigenvalue weighted by atomic mass is 10.1. The van der Waals surface area contributed by atoms with Crippen LogP contribution in [0.1, 0.15) is 23.7 Å². The second-order valence-electron chi connectivity index (χ2n) is 3.50. The summed E-state index contributed by atoms with van der Waals surface area (Å²) in [6.07, 6.45) is 0.672. The van der Waals surface area contributed by atoms with Crippen molar-refractivity contribution < 1.29 is 9.90 Å². The van der Waals surface area contributed by atoms with Crippen LogP contribution in [-0.2, 0) is 0 Å². The molecule has 0 saturated heterocycles. The highest BCUT2D eigenvalue weighted by Crippen LogP contribution is 2.19. The molecule has 0 heterocycles. The number of carbonyl (C=O) groups excluding carboxylic acids is 1. The summed E-state index contributed by atoms with van der Waals surface area (Å²) >= 11 is 5.81. The molecule has 0 radical (unpaired) electrons. The van der Waals surface area contributed by atoms with Crippen molar-refractivity contribution in [2.75, 3.05) is 12.3 Å². The molecule has 0 unspecified atom stereocenters. The lowest BCUT2D eigenvalue weighted by Crippen LogP contribution is -2.36. The van der Waals surface area contributed by atoms with E-state index in [4.69, 9.17) is 22.4 Å². The van der Waals surface area contributed by atoms with Gasteiger partial charge in [-0.15, -0.1) is 0 Å². The summed E-state index contributed by atoms with van der Waals surface area (Å²) in [5.74, 6) is -0.261. The highest BCUT2D eigenvalue weighted by atomic mass is 35.5. The largest absolute Gasteiger partial charge is 0.398 e. The lowest BCUT2D eigenvalue weighted by molar-refractivity contribution is 0.0915. The molecule has 1 amide bonds. The lowest BCUT2D eigenvalue weighted by Gasteiger charge is -2.14. The zero-order valence-electron chi connectivity index (χ0n) is 9.03. The molecule has 0 aliphatic rings. The summed E-state index contributed by atoms with van der Waals surface area (Å²) < 4.78 is 0. The van der Waals surface area contributed by atoms with Crippen LogP contribution in [0.25, 0.3) is 0 Å². The molecular formula is C11H15ClN2O2. The molecule has 5 heteroatoms. The third-order valence-electron chi connectivity index (χ3n) is 2.31. The fraction of sp³-hybridized carbons (Fsp3) is 0.364. The number of nitrogens with one attached hydrogen (secondary N) is 1. The van der Waals surface area contributed by atoms with Crippen LogP contribution in [0.4, 0.5) is 5.69 Å². The molecule has 4 nitrogen and oxygen atoms in total. The Morgan fingerprint density at radius 1 is 1.62 bits per heavy atom. The normalized spacial score (nSPS) is 12.2. The predicted octanol–water partition coefficient (Wildman–Crippen LogP) is 1.42. The average Bonchev–Trinajstić information content (AvgIpc) is 2.29. The number of aliphatic hydroxyl groups excluding tert-OH is 1. The Hall–Kier alpha value is -1.26. The van der Waals surface area contributed by atoms with Crippen molar-refractivity contribution in [3.63, 3.8) is 0 Å². The van der Waals surface area contributed by atoms with Gasteiger partial charge in [-0.1, -0.05) is 18.5 Å². The monoisotopic (exact) mass is 242 g/mol. The zero-order valence-corrected chi connectivity index (χ0v) is 9.79. The molecule has 0 aromatic heterocycles. The van der Waals surface area contributed by atoms with E-state index in [9.17, 15) is 4.79 Å². The van der Waals surface area contributed by atoms with Crippen molar-refractivity contribution in [2.24, 2.45) is 0 Å². The predicted molar refractivity (Wildman–Crippen MR) is 64.5 cm³/mol. The second-order valence-corrected chi connectivity index (χ2v) is 3.90. The van der Waals surface area contributed by atoms with E-state index in [1.165, 1.54) is 6.07 Å². The van der Waals surface area contributed by atoms with Gasteiger partial charge in [0.25, 0.3) is 5.91 Å². The smallest absolute Gasteiger partial charge is 0.251 e. The van der Waals surface area contributed by atoms with Gasteiger partial charge in [0.1, 0.15) is 0 Å². The first-order valence-electron chi connectivity index (χ1n) is 5.05. The van der Waals surface area contributed by atoms with Gasteiger partial charge in [0.15, 0.2) is 0 Å². The van der Waals surface area contributed by atoms with Crippen LogP contribution >= 0.6 is 11.6 Å². The van der Waals surface area contributed by atoms with Crippen molar-refractivity contribution in [3.05, 3.63) is 28.8 Å². The fourth-order valence-electron chi connectivity index (χ4n) is 1.21. The van der Waals surface area contributed by atoms with E-state index in [0.717, 1.165) is 0 Å². The number of amides is 1. The van der Waals surface area contributed by atoms with E-state index in [2.05, 4.69) is 5.32 Å². The van der Waals surface area contributed by atoms with Crippen LogP contribution in [0, 0.1) is 0 Å². The van der Waals surface area contributed by atoms with Crippen LogP contribution in [-0.4, -0.2) is 23.7 Å².